The van der Waals surface area contributed by atoms with Crippen molar-refractivity contribution in [3.63, 3.8) is 0 Å². The number of ether oxygens (including phenoxy) is 1. The zero-order valence-corrected chi connectivity index (χ0v) is 15.3. The molecule has 0 aliphatic carbocycles. The minimum absolute atomic E-state index is 0.124. The summed E-state index contributed by atoms with van der Waals surface area (Å²) in [5.74, 6) is 0.593. The monoisotopic (exact) mass is 384 g/mol. The predicted octanol–water partition coefficient (Wildman–Crippen LogP) is 2.80. The average molecular weight is 384 g/mol. The van der Waals surface area contributed by atoms with Gasteiger partial charge in [-0.1, -0.05) is 0 Å². The number of carbonyl (C=O) groups is 1. The SMILES string of the molecule is Cc1ccc(-c2nc(OC(C)c3cc[nH]n3)nc3sc(C(N)=O)c(N)c23)o1. The molecule has 10 heteroatoms. The number of hydrogen-bond acceptors (Lipinski definition) is 8. The van der Waals surface area contributed by atoms with Crippen molar-refractivity contribution in [2.75, 3.05) is 5.73 Å². The van der Waals surface area contributed by atoms with E-state index >= 15 is 0 Å². The van der Waals surface area contributed by atoms with Crippen molar-refractivity contribution < 1.29 is 13.9 Å². The molecule has 1 atom stereocenters. The van der Waals surface area contributed by atoms with Gasteiger partial charge < -0.3 is 20.6 Å². The van der Waals surface area contributed by atoms with Crippen molar-refractivity contribution in [2.45, 2.75) is 20.0 Å². The fourth-order valence-corrected chi connectivity index (χ4v) is 3.63. The van der Waals surface area contributed by atoms with Crippen LogP contribution in [0.2, 0.25) is 0 Å². The molecule has 5 N–H and O–H groups in total. The number of hydrogen-bond donors (Lipinski definition) is 3. The highest BCUT2D eigenvalue weighted by molar-refractivity contribution is 7.21. The molecule has 4 aromatic heterocycles. The van der Waals surface area contributed by atoms with Crippen LogP contribution in [0.15, 0.2) is 28.8 Å². The van der Waals surface area contributed by atoms with Crippen LogP contribution in [0, 0.1) is 6.92 Å². The van der Waals surface area contributed by atoms with Crippen LogP contribution in [0.3, 0.4) is 0 Å². The fraction of sp³-hybridized carbons (Fsp3) is 0.176. The Morgan fingerprint density at radius 2 is 2.15 bits per heavy atom. The van der Waals surface area contributed by atoms with Gasteiger partial charge in [0.15, 0.2) is 5.76 Å². The summed E-state index contributed by atoms with van der Waals surface area (Å²) >= 11 is 1.09. The number of thiophene rings is 1. The Kier molecular flexibility index (Phi) is 4.04. The van der Waals surface area contributed by atoms with Gasteiger partial charge in [0.05, 0.1) is 11.1 Å². The molecule has 0 bridgehead atoms. The van der Waals surface area contributed by atoms with E-state index in [9.17, 15) is 4.79 Å². The molecule has 0 spiro atoms. The number of primary amides is 1. The Bertz CT molecular complexity index is 1130. The first-order valence-corrected chi connectivity index (χ1v) is 8.88. The lowest BCUT2D eigenvalue weighted by molar-refractivity contribution is 0.100. The number of nitrogens with two attached hydrogens (primary N) is 2. The number of carbonyl (C=O) groups excluding carboxylic acids is 1. The minimum Gasteiger partial charge on any atom is -0.460 e. The van der Waals surface area contributed by atoms with Gasteiger partial charge in [0, 0.05) is 6.20 Å². The number of anilines is 1. The molecule has 0 aromatic carbocycles. The highest BCUT2D eigenvalue weighted by Gasteiger charge is 2.23. The van der Waals surface area contributed by atoms with Crippen molar-refractivity contribution in [3.05, 3.63) is 40.7 Å². The number of fused-ring (bicyclic) bond motifs is 1. The molecule has 0 saturated carbocycles. The summed E-state index contributed by atoms with van der Waals surface area (Å²) in [6.45, 7) is 3.66. The molecule has 1 unspecified atom stereocenters. The van der Waals surface area contributed by atoms with E-state index in [4.69, 9.17) is 20.6 Å². The number of furan rings is 1. The van der Waals surface area contributed by atoms with Crippen LogP contribution >= 0.6 is 11.3 Å². The third-order valence-electron chi connectivity index (χ3n) is 3.99. The van der Waals surface area contributed by atoms with Gasteiger partial charge in [0.2, 0.25) is 0 Å². The first kappa shape index (κ1) is 17.0. The van der Waals surface area contributed by atoms with E-state index in [0.717, 1.165) is 11.3 Å². The lowest BCUT2D eigenvalue weighted by Crippen LogP contribution is -2.10. The van der Waals surface area contributed by atoms with E-state index in [-0.39, 0.29) is 22.7 Å². The molecular weight excluding hydrogens is 368 g/mol. The van der Waals surface area contributed by atoms with Gasteiger partial charge in [-0.3, -0.25) is 9.89 Å². The van der Waals surface area contributed by atoms with E-state index in [1.807, 2.05) is 19.9 Å². The summed E-state index contributed by atoms with van der Waals surface area (Å²) in [6.07, 6.45) is 1.32. The van der Waals surface area contributed by atoms with Gasteiger partial charge in [0.1, 0.15) is 33.0 Å². The molecule has 0 radical (unpaired) electrons. The van der Waals surface area contributed by atoms with Gasteiger partial charge in [-0.05, 0) is 32.0 Å². The maximum absolute atomic E-state index is 11.7. The van der Waals surface area contributed by atoms with Crippen molar-refractivity contribution >= 4 is 33.1 Å². The molecule has 0 saturated heterocycles. The number of H-pyrrole nitrogens is 1. The number of aryl methyl sites for hydroxylation is 1. The van der Waals surface area contributed by atoms with Gasteiger partial charge in [0.25, 0.3) is 5.91 Å². The summed E-state index contributed by atoms with van der Waals surface area (Å²) in [6, 6.07) is 5.51. The van der Waals surface area contributed by atoms with Crippen molar-refractivity contribution in [3.8, 4) is 17.5 Å². The van der Waals surface area contributed by atoms with Crippen molar-refractivity contribution in [2.24, 2.45) is 5.73 Å². The molecule has 138 valence electrons. The third-order valence-corrected chi connectivity index (χ3v) is 5.10. The smallest absolute Gasteiger partial charge is 0.319 e. The normalized spacial score (nSPS) is 12.4. The Balaban J connectivity index is 1.87. The quantitative estimate of drug-likeness (QED) is 0.479. The molecule has 4 rings (SSSR count). The van der Waals surface area contributed by atoms with Crippen LogP contribution in [-0.2, 0) is 0 Å². The second kappa shape index (κ2) is 6.40. The van der Waals surface area contributed by atoms with E-state index < -0.39 is 5.91 Å². The largest absolute Gasteiger partial charge is 0.460 e. The minimum atomic E-state index is -0.621. The molecule has 4 aromatic rings. The number of rotatable bonds is 5. The molecule has 0 aliphatic rings. The maximum Gasteiger partial charge on any atom is 0.319 e. The first-order chi connectivity index (χ1) is 12.9. The summed E-state index contributed by atoms with van der Waals surface area (Å²) in [5, 5.41) is 7.35. The molecular formula is C17H16N6O3S. The highest BCUT2D eigenvalue weighted by Crippen LogP contribution is 2.40. The number of nitrogens with zero attached hydrogens (tertiary/aromatic N) is 3. The standard InChI is InChI=1S/C17H16N6O3S/c1-7-3-4-10(25-7)13-11-12(18)14(15(19)24)27-16(11)22-17(21-13)26-8(2)9-5-6-20-23-9/h3-6,8H,18H2,1-2H3,(H2,19,24)(H,20,23). The van der Waals surface area contributed by atoms with Crippen LogP contribution in [0.4, 0.5) is 5.69 Å². The average Bonchev–Trinajstić information content (AvgIpc) is 3.34. The van der Waals surface area contributed by atoms with Gasteiger partial charge >= 0.3 is 6.01 Å². The highest BCUT2D eigenvalue weighted by atomic mass is 32.1. The third kappa shape index (κ3) is 2.99. The molecule has 0 fully saturated rings. The predicted molar refractivity (Wildman–Crippen MR) is 100 cm³/mol. The van der Waals surface area contributed by atoms with Gasteiger partial charge in [-0.15, -0.1) is 11.3 Å². The second-order valence-corrected chi connectivity index (χ2v) is 6.91. The molecule has 1 amide bonds. The topological polar surface area (TPSA) is 146 Å². The van der Waals surface area contributed by atoms with Crippen LogP contribution in [-0.4, -0.2) is 26.1 Å². The summed E-state index contributed by atoms with van der Waals surface area (Å²) in [7, 11) is 0. The number of amides is 1. The van der Waals surface area contributed by atoms with Crippen LogP contribution < -0.4 is 16.2 Å². The Morgan fingerprint density at radius 3 is 2.78 bits per heavy atom. The summed E-state index contributed by atoms with van der Waals surface area (Å²) < 4.78 is 11.6. The van der Waals surface area contributed by atoms with Crippen LogP contribution in [0.1, 0.15) is 34.2 Å². The lowest BCUT2D eigenvalue weighted by atomic mass is 10.2. The summed E-state index contributed by atoms with van der Waals surface area (Å²) in [5.41, 5.74) is 13.0. The van der Waals surface area contributed by atoms with Gasteiger partial charge in [-0.25, -0.2) is 0 Å². The second-order valence-electron chi connectivity index (χ2n) is 5.91. The molecule has 9 nitrogen and oxygen atoms in total. The maximum atomic E-state index is 11.7. The van der Waals surface area contributed by atoms with E-state index in [1.165, 1.54) is 0 Å². The Hall–Kier alpha value is -3.40. The van der Waals surface area contributed by atoms with Gasteiger partial charge in [-0.2, -0.15) is 15.1 Å². The zero-order chi connectivity index (χ0) is 19.1. The summed E-state index contributed by atoms with van der Waals surface area (Å²) in [4.78, 5) is 21.3. The molecule has 0 aliphatic heterocycles. The fourth-order valence-electron chi connectivity index (χ4n) is 2.69. The van der Waals surface area contributed by atoms with E-state index in [2.05, 4.69) is 20.2 Å². The first-order valence-electron chi connectivity index (χ1n) is 8.07. The number of nitrogen functional groups attached to an aromatic ring is 1. The van der Waals surface area contributed by atoms with E-state index in [1.54, 1.807) is 18.3 Å². The lowest BCUT2D eigenvalue weighted by Gasteiger charge is -2.11. The Labute approximate surface area is 157 Å². The van der Waals surface area contributed by atoms with Crippen LogP contribution in [0.5, 0.6) is 6.01 Å². The van der Waals surface area contributed by atoms with E-state index in [0.29, 0.717) is 33.1 Å². The Morgan fingerprint density at radius 1 is 1.33 bits per heavy atom. The number of aromatic amines is 1. The zero-order valence-electron chi connectivity index (χ0n) is 14.5. The number of aromatic nitrogens is 4. The molecule has 27 heavy (non-hydrogen) atoms. The van der Waals surface area contributed by atoms with Crippen molar-refractivity contribution in [1.29, 1.82) is 0 Å². The molecule has 4 heterocycles. The van der Waals surface area contributed by atoms with Crippen molar-refractivity contribution in [1.82, 2.24) is 20.2 Å². The number of nitrogens with one attached hydrogen (secondary N) is 1. The van der Waals surface area contributed by atoms with Crippen LogP contribution in [0.25, 0.3) is 21.7 Å².